The lowest BCUT2D eigenvalue weighted by atomic mass is 10.1. The van der Waals surface area contributed by atoms with Gasteiger partial charge in [0.2, 0.25) is 0 Å². The molecule has 7 heteroatoms. The molecule has 2 N–H and O–H groups in total. The summed E-state index contributed by atoms with van der Waals surface area (Å²) in [4.78, 5) is 24.0. The molecule has 0 spiro atoms. The third-order valence-electron chi connectivity index (χ3n) is 3.31. The molecular formula is C17H20N4O3. The molecule has 24 heavy (non-hydrogen) atoms. The van der Waals surface area contributed by atoms with Crippen molar-refractivity contribution < 1.29 is 14.3 Å². The summed E-state index contributed by atoms with van der Waals surface area (Å²) >= 11 is 0. The van der Waals surface area contributed by atoms with E-state index in [4.69, 9.17) is 4.74 Å². The Morgan fingerprint density at radius 2 is 1.92 bits per heavy atom. The molecule has 126 valence electrons. The lowest BCUT2D eigenvalue weighted by Gasteiger charge is -2.09. The number of aromatic nitrogens is 2. The standard InChI is InChI=1S/C17H20N4O3/c1-3-4-11-18-15-10-9-14(20-21-15)16(22)19-13-8-6-5-7-12(13)17(23)24-2/h5-10H,3-4,11H2,1-2H3,(H,18,21)(H,19,22). The van der Waals surface area contributed by atoms with Crippen LogP contribution in [0.25, 0.3) is 0 Å². The Morgan fingerprint density at radius 1 is 1.12 bits per heavy atom. The molecule has 1 heterocycles. The molecule has 0 radical (unpaired) electrons. The van der Waals surface area contributed by atoms with Crippen molar-refractivity contribution in [3.63, 3.8) is 0 Å². The number of ether oxygens (including phenoxy) is 1. The van der Waals surface area contributed by atoms with Gasteiger partial charge in [-0.05, 0) is 30.7 Å². The lowest BCUT2D eigenvalue weighted by Crippen LogP contribution is -2.17. The highest BCUT2D eigenvalue weighted by atomic mass is 16.5. The van der Waals surface area contributed by atoms with E-state index in [0.29, 0.717) is 11.5 Å². The van der Waals surface area contributed by atoms with E-state index >= 15 is 0 Å². The predicted octanol–water partition coefficient (Wildman–Crippen LogP) is 2.73. The maximum atomic E-state index is 12.3. The maximum Gasteiger partial charge on any atom is 0.339 e. The largest absolute Gasteiger partial charge is 0.465 e. The highest BCUT2D eigenvalue weighted by Gasteiger charge is 2.15. The van der Waals surface area contributed by atoms with Crippen LogP contribution in [-0.2, 0) is 4.74 Å². The van der Waals surface area contributed by atoms with E-state index in [0.717, 1.165) is 19.4 Å². The lowest BCUT2D eigenvalue weighted by molar-refractivity contribution is 0.0602. The number of esters is 1. The molecule has 0 unspecified atom stereocenters. The average Bonchev–Trinajstić information content (AvgIpc) is 2.62. The zero-order valence-corrected chi connectivity index (χ0v) is 13.7. The predicted molar refractivity (Wildman–Crippen MR) is 91.2 cm³/mol. The van der Waals surface area contributed by atoms with Gasteiger partial charge in [-0.3, -0.25) is 4.79 Å². The number of unbranched alkanes of at least 4 members (excludes halogenated alkanes) is 1. The molecule has 0 saturated heterocycles. The first-order valence-electron chi connectivity index (χ1n) is 7.72. The van der Waals surface area contributed by atoms with E-state index in [1.165, 1.54) is 7.11 Å². The molecule has 0 fully saturated rings. The normalized spacial score (nSPS) is 10.1. The van der Waals surface area contributed by atoms with Gasteiger partial charge < -0.3 is 15.4 Å². The van der Waals surface area contributed by atoms with Gasteiger partial charge in [0.1, 0.15) is 5.82 Å². The van der Waals surface area contributed by atoms with Crippen molar-refractivity contribution in [2.75, 3.05) is 24.3 Å². The van der Waals surface area contributed by atoms with Gasteiger partial charge in [-0.15, -0.1) is 10.2 Å². The van der Waals surface area contributed by atoms with Crippen LogP contribution in [-0.4, -0.2) is 35.7 Å². The fourth-order valence-electron chi connectivity index (χ4n) is 2.01. The van der Waals surface area contributed by atoms with Crippen LogP contribution < -0.4 is 10.6 Å². The Kier molecular flexibility index (Phi) is 6.24. The smallest absolute Gasteiger partial charge is 0.339 e. The number of amides is 1. The minimum atomic E-state index is -0.521. The van der Waals surface area contributed by atoms with E-state index in [1.807, 2.05) is 0 Å². The quantitative estimate of drug-likeness (QED) is 0.599. The maximum absolute atomic E-state index is 12.3. The molecule has 0 aliphatic heterocycles. The SMILES string of the molecule is CCCCNc1ccc(C(=O)Nc2ccccc2C(=O)OC)nn1. The number of nitrogens with one attached hydrogen (secondary N) is 2. The van der Waals surface area contributed by atoms with E-state index < -0.39 is 11.9 Å². The first kappa shape index (κ1) is 17.4. The van der Waals surface area contributed by atoms with Gasteiger partial charge in [-0.2, -0.15) is 0 Å². The second-order valence-electron chi connectivity index (χ2n) is 5.08. The first-order valence-corrected chi connectivity index (χ1v) is 7.72. The first-order chi connectivity index (χ1) is 11.7. The van der Waals surface area contributed by atoms with Gasteiger partial charge in [0, 0.05) is 6.54 Å². The third kappa shape index (κ3) is 4.52. The Bertz CT molecular complexity index is 701. The summed E-state index contributed by atoms with van der Waals surface area (Å²) in [5.74, 6) is -0.346. The molecule has 2 aromatic rings. The molecule has 7 nitrogen and oxygen atoms in total. The highest BCUT2D eigenvalue weighted by molar-refractivity contribution is 6.07. The van der Waals surface area contributed by atoms with Crippen molar-refractivity contribution >= 4 is 23.4 Å². The van der Waals surface area contributed by atoms with Crippen LogP contribution in [0, 0.1) is 0 Å². The summed E-state index contributed by atoms with van der Waals surface area (Å²) in [6.07, 6.45) is 2.12. The van der Waals surface area contributed by atoms with Crippen molar-refractivity contribution in [3.8, 4) is 0 Å². The number of anilines is 2. The molecular weight excluding hydrogens is 308 g/mol. The third-order valence-corrected chi connectivity index (χ3v) is 3.31. The summed E-state index contributed by atoms with van der Waals surface area (Å²) < 4.78 is 4.70. The second-order valence-corrected chi connectivity index (χ2v) is 5.08. The minimum Gasteiger partial charge on any atom is -0.465 e. The number of hydrogen-bond acceptors (Lipinski definition) is 6. The van der Waals surface area contributed by atoms with Crippen LogP contribution >= 0.6 is 0 Å². The molecule has 0 saturated carbocycles. The fraction of sp³-hybridized carbons (Fsp3) is 0.294. The van der Waals surface area contributed by atoms with Crippen molar-refractivity contribution in [2.24, 2.45) is 0 Å². The number of nitrogens with zero attached hydrogens (tertiary/aromatic N) is 2. The number of hydrogen-bond donors (Lipinski definition) is 2. The zero-order valence-electron chi connectivity index (χ0n) is 13.7. The molecule has 0 aliphatic rings. The topological polar surface area (TPSA) is 93.2 Å². The van der Waals surface area contributed by atoms with E-state index in [2.05, 4.69) is 27.8 Å². The van der Waals surface area contributed by atoms with Gasteiger partial charge >= 0.3 is 5.97 Å². The van der Waals surface area contributed by atoms with Crippen LogP contribution in [0.5, 0.6) is 0 Å². The van der Waals surface area contributed by atoms with Crippen molar-refractivity contribution in [3.05, 3.63) is 47.7 Å². The molecule has 1 amide bonds. The van der Waals surface area contributed by atoms with Gasteiger partial charge in [0.15, 0.2) is 5.69 Å². The second kappa shape index (κ2) is 8.61. The van der Waals surface area contributed by atoms with Crippen molar-refractivity contribution in [2.45, 2.75) is 19.8 Å². The average molecular weight is 328 g/mol. The molecule has 2 rings (SSSR count). The summed E-state index contributed by atoms with van der Waals surface area (Å²) in [5, 5.41) is 13.7. The van der Waals surface area contributed by atoms with Gasteiger partial charge in [0.25, 0.3) is 5.91 Å². The fourth-order valence-corrected chi connectivity index (χ4v) is 2.01. The minimum absolute atomic E-state index is 0.163. The number of carbonyl (C=O) groups excluding carboxylic acids is 2. The van der Waals surface area contributed by atoms with Crippen molar-refractivity contribution in [1.82, 2.24) is 10.2 Å². The monoisotopic (exact) mass is 328 g/mol. The number of methoxy groups -OCH3 is 1. The Morgan fingerprint density at radius 3 is 2.58 bits per heavy atom. The summed E-state index contributed by atoms with van der Waals surface area (Å²) in [6.45, 7) is 2.91. The van der Waals surface area contributed by atoms with Crippen LogP contribution in [0.3, 0.4) is 0 Å². The molecule has 0 bridgehead atoms. The highest BCUT2D eigenvalue weighted by Crippen LogP contribution is 2.17. The Labute approximate surface area is 140 Å². The Hall–Kier alpha value is -2.96. The number of para-hydroxylation sites is 1. The molecule has 0 atom stereocenters. The summed E-state index contributed by atoms with van der Waals surface area (Å²) in [7, 11) is 1.29. The van der Waals surface area contributed by atoms with Gasteiger partial charge in [0.05, 0.1) is 18.4 Å². The zero-order chi connectivity index (χ0) is 17.4. The van der Waals surface area contributed by atoms with Crippen LogP contribution in [0.1, 0.15) is 40.6 Å². The van der Waals surface area contributed by atoms with Gasteiger partial charge in [-0.25, -0.2) is 4.79 Å². The number of benzene rings is 1. The summed E-state index contributed by atoms with van der Waals surface area (Å²) in [5.41, 5.74) is 0.802. The van der Waals surface area contributed by atoms with E-state index in [9.17, 15) is 9.59 Å². The summed E-state index contributed by atoms with van der Waals surface area (Å²) in [6, 6.07) is 9.89. The number of carbonyl (C=O) groups is 2. The Balaban J connectivity index is 2.06. The van der Waals surface area contributed by atoms with Gasteiger partial charge in [-0.1, -0.05) is 25.5 Å². The molecule has 1 aromatic heterocycles. The number of rotatable bonds is 7. The van der Waals surface area contributed by atoms with Crippen LogP contribution in [0.15, 0.2) is 36.4 Å². The van der Waals surface area contributed by atoms with E-state index in [1.54, 1.807) is 36.4 Å². The molecule has 0 aliphatic carbocycles. The molecule has 1 aromatic carbocycles. The van der Waals surface area contributed by atoms with E-state index in [-0.39, 0.29) is 11.3 Å². The van der Waals surface area contributed by atoms with Crippen molar-refractivity contribution in [1.29, 1.82) is 0 Å². The van der Waals surface area contributed by atoms with Crippen LogP contribution in [0.2, 0.25) is 0 Å². The van der Waals surface area contributed by atoms with Crippen LogP contribution in [0.4, 0.5) is 11.5 Å².